The minimum atomic E-state index is -4.46. The number of amides is 1. The third kappa shape index (κ3) is 4.76. The molecule has 2 saturated heterocycles. The number of nitrogens with zero attached hydrogens (tertiary/aromatic N) is 5. The quantitative estimate of drug-likeness (QED) is 0.817. The zero-order chi connectivity index (χ0) is 18.7. The molecule has 2 aliphatic heterocycles. The van der Waals surface area contributed by atoms with Gasteiger partial charge in [-0.1, -0.05) is 0 Å². The van der Waals surface area contributed by atoms with Gasteiger partial charge in [0, 0.05) is 51.0 Å². The van der Waals surface area contributed by atoms with Gasteiger partial charge in [-0.25, -0.2) is 4.98 Å². The van der Waals surface area contributed by atoms with Crippen molar-refractivity contribution in [2.45, 2.75) is 38.8 Å². The van der Waals surface area contributed by atoms with Crippen LogP contribution in [-0.4, -0.2) is 66.2 Å². The van der Waals surface area contributed by atoms with E-state index >= 15 is 0 Å². The van der Waals surface area contributed by atoms with Crippen molar-refractivity contribution >= 4 is 17.7 Å². The van der Waals surface area contributed by atoms with Gasteiger partial charge >= 0.3 is 6.18 Å². The number of hydrogen-bond donors (Lipinski definition) is 0. The van der Waals surface area contributed by atoms with Crippen molar-refractivity contribution < 1.29 is 18.0 Å². The van der Waals surface area contributed by atoms with Crippen molar-refractivity contribution in [3.8, 4) is 0 Å². The Morgan fingerprint density at radius 1 is 1.00 bits per heavy atom. The number of aromatic nitrogens is 2. The molecule has 26 heavy (non-hydrogen) atoms. The van der Waals surface area contributed by atoms with E-state index in [4.69, 9.17) is 0 Å². The van der Waals surface area contributed by atoms with Crippen molar-refractivity contribution in [2.24, 2.45) is 0 Å². The molecular formula is C17H24F3N5O. The third-order valence-electron chi connectivity index (χ3n) is 4.78. The fourth-order valence-corrected chi connectivity index (χ4v) is 3.40. The number of piperidine rings is 1. The lowest BCUT2D eigenvalue weighted by Crippen LogP contribution is -2.49. The number of rotatable bonds is 3. The van der Waals surface area contributed by atoms with Gasteiger partial charge in [-0.2, -0.15) is 18.2 Å². The maximum atomic E-state index is 12.4. The zero-order valence-electron chi connectivity index (χ0n) is 14.9. The van der Waals surface area contributed by atoms with Crippen LogP contribution in [0.25, 0.3) is 0 Å². The first kappa shape index (κ1) is 18.7. The summed E-state index contributed by atoms with van der Waals surface area (Å²) in [7, 11) is 0. The molecule has 0 unspecified atom stereocenters. The Hall–Kier alpha value is -2.06. The Balaban J connectivity index is 1.64. The zero-order valence-corrected chi connectivity index (χ0v) is 14.9. The summed E-state index contributed by atoms with van der Waals surface area (Å²) in [6, 6.07) is 1.89. The van der Waals surface area contributed by atoms with E-state index in [9.17, 15) is 18.0 Å². The predicted molar refractivity (Wildman–Crippen MR) is 92.3 cm³/mol. The van der Waals surface area contributed by atoms with E-state index in [1.165, 1.54) is 11.3 Å². The standard InChI is InChI=1S/C17H24F3N5O/c1-13-11-14(22-16(21-13)25-5-3-2-4-6-25)23-7-9-24(10-8-23)15(26)12-17(18,19)20/h11H,2-10,12H2,1H3. The van der Waals surface area contributed by atoms with Crippen LogP contribution in [0.4, 0.5) is 24.9 Å². The van der Waals surface area contributed by atoms with Crippen LogP contribution in [0, 0.1) is 6.92 Å². The Morgan fingerprint density at radius 3 is 2.27 bits per heavy atom. The van der Waals surface area contributed by atoms with Crippen LogP contribution in [0.5, 0.6) is 0 Å². The van der Waals surface area contributed by atoms with Crippen LogP contribution in [0.3, 0.4) is 0 Å². The second-order valence-electron chi connectivity index (χ2n) is 6.88. The van der Waals surface area contributed by atoms with Crippen LogP contribution in [-0.2, 0) is 4.79 Å². The maximum Gasteiger partial charge on any atom is 0.397 e. The number of alkyl halides is 3. The molecule has 0 aromatic carbocycles. The molecule has 1 aromatic rings. The number of hydrogen-bond acceptors (Lipinski definition) is 5. The lowest BCUT2D eigenvalue weighted by atomic mass is 10.1. The van der Waals surface area contributed by atoms with Gasteiger partial charge in [-0.05, 0) is 26.2 Å². The van der Waals surface area contributed by atoms with Crippen molar-refractivity contribution in [3.63, 3.8) is 0 Å². The van der Waals surface area contributed by atoms with Gasteiger partial charge in [0.15, 0.2) is 0 Å². The summed E-state index contributed by atoms with van der Waals surface area (Å²) >= 11 is 0. The normalized spacial score (nSPS) is 19.0. The summed E-state index contributed by atoms with van der Waals surface area (Å²) in [5.41, 5.74) is 0.867. The molecule has 0 spiro atoms. The molecule has 0 N–H and O–H groups in total. The van der Waals surface area contributed by atoms with E-state index in [1.54, 1.807) is 0 Å². The van der Waals surface area contributed by atoms with E-state index in [2.05, 4.69) is 14.9 Å². The molecule has 9 heteroatoms. The fraction of sp³-hybridized carbons (Fsp3) is 0.706. The number of carbonyl (C=O) groups excluding carboxylic acids is 1. The molecule has 2 aliphatic rings. The van der Waals surface area contributed by atoms with E-state index in [0.717, 1.165) is 43.4 Å². The van der Waals surface area contributed by atoms with Crippen LogP contribution in [0.2, 0.25) is 0 Å². The molecule has 144 valence electrons. The van der Waals surface area contributed by atoms with Gasteiger partial charge in [0.2, 0.25) is 11.9 Å². The van der Waals surface area contributed by atoms with Gasteiger partial charge in [0.1, 0.15) is 12.2 Å². The lowest BCUT2D eigenvalue weighted by molar-refractivity contribution is -0.161. The second-order valence-corrected chi connectivity index (χ2v) is 6.88. The van der Waals surface area contributed by atoms with Crippen LogP contribution >= 0.6 is 0 Å². The molecule has 0 atom stereocenters. The first-order valence-corrected chi connectivity index (χ1v) is 9.02. The Labute approximate surface area is 151 Å². The highest BCUT2D eigenvalue weighted by Crippen LogP contribution is 2.23. The fourth-order valence-electron chi connectivity index (χ4n) is 3.40. The second kappa shape index (κ2) is 7.67. The minimum Gasteiger partial charge on any atom is -0.353 e. The minimum absolute atomic E-state index is 0.275. The molecule has 6 nitrogen and oxygen atoms in total. The molecule has 0 bridgehead atoms. The predicted octanol–water partition coefficient (Wildman–Crippen LogP) is 2.38. The number of aryl methyl sites for hydroxylation is 1. The monoisotopic (exact) mass is 371 g/mol. The van der Waals surface area contributed by atoms with E-state index in [1.807, 2.05) is 17.9 Å². The summed E-state index contributed by atoms with van der Waals surface area (Å²) in [5, 5.41) is 0. The largest absolute Gasteiger partial charge is 0.397 e. The molecule has 2 fully saturated rings. The average Bonchev–Trinajstić information content (AvgIpc) is 2.61. The van der Waals surface area contributed by atoms with Crippen LogP contribution in [0.15, 0.2) is 6.07 Å². The van der Waals surface area contributed by atoms with Gasteiger partial charge in [0.05, 0.1) is 0 Å². The molecule has 0 radical (unpaired) electrons. The van der Waals surface area contributed by atoms with Gasteiger partial charge in [0.25, 0.3) is 0 Å². The topological polar surface area (TPSA) is 52.6 Å². The molecule has 3 heterocycles. The summed E-state index contributed by atoms with van der Waals surface area (Å²) in [6.07, 6.45) is -2.36. The van der Waals surface area contributed by atoms with E-state index < -0.39 is 18.5 Å². The highest BCUT2D eigenvalue weighted by molar-refractivity contribution is 5.77. The van der Waals surface area contributed by atoms with Gasteiger partial charge < -0.3 is 14.7 Å². The van der Waals surface area contributed by atoms with Crippen molar-refractivity contribution in [3.05, 3.63) is 11.8 Å². The van der Waals surface area contributed by atoms with Crippen molar-refractivity contribution in [2.75, 3.05) is 49.1 Å². The number of anilines is 2. The Bertz CT molecular complexity index is 638. The summed E-state index contributed by atoms with van der Waals surface area (Å²) in [6.45, 7) is 5.31. The van der Waals surface area contributed by atoms with Crippen LogP contribution in [0.1, 0.15) is 31.4 Å². The Morgan fingerprint density at radius 2 is 1.65 bits per heavy atom. The summed E-state index contributed by atoms with van der Waals surface area (Å²) in [5.74, 6) is 0.640. The molecule has 1 amide bonds. The highest BCUT2D eigenvalue weighted by Gasteiger charge is 2.34. The first-order chi connectivity index (χ1) is 12.3. The van der Waals surface area contributed by atoms with Crippen molar-refractivity contribution in [1.82, 2.24) is 14.9 Å². The van der Waals surface area contributed by atoms with Crippen LogP contribution < -0.4 is 9.80 Å². The average molecular weight is 371 g/mol. The summed E-state index contributed by atoms with van der Waals surface area (Å²) < 4.78 is 37.2. The molecule has 0 aliphatic carbocycles. The number of piperazine rings is 1. The molecule has 1 aromatic heterocycles. The molecule has 0 saturated carbocycles. The smallest absolute Gasteiger partial charge is 0.353 e. The summed E-state index contributed by atoms with van der Waals surface area (Å²) in [4.78, 5) is 26.4. The highest BCUT2D eigenvalue weighted by atomic mass is 19.4. The SMILES string of the molecule is Cc1cc(N2CCN(C(=O)CC(F)(F)F)CC2)nc(N2CCCCC2)n1. The molecule has 3 rings (SSSR count). The van der Waals surface area contributed by atoms with Crippen molar-refractivity contribution in [1.29, 1.82) is 0 Å². The molecular weight excluding hydrogens is 347 g/mol. The Kier molecular flexibility index (Phi) is 5.52. The van der Waals surface area contributed by atoms with Gasteiger partial charge in [-0.3, -0.25) is 4.79 Å². The maximum absolute atomic E-state index is 12.4. The number of halogens is 3. The lowest BCUT2D eigenvalue weighted by Gasteiger charge is -2.36. The van der Waals surface area contributed by atoms with E-state index in [0.29, 0.717) is 13.1 Å². The van der Waals surface area contributed by atoms with E-state index in [-0.39, 0.29) is 13.1 Å². The third-order valence-corrected chi connectivity index (χ3v) is 4.78. The first-order valence-electron chi connectivity index (χ1n) is 9.02. The number of carbonyl (C=O) groups is 1. The van der Waals surface area contributed by atoms with Gasteiger partial charge in [-0.15, -0.1) is 0 Å².